The molecular formula is C28H31ClFN3O2S. The van der Waals surface area contributed by atoms with Crippen LogP contribution >= 0.6 is 11.6 Å². The number of allylic oxidation sites excluding steroid dienone is 1. The fourth-order valence-corrected chi connectivity index (χ4v) is 5.03. The lowest BCUT2D eigenvalue weighted by molar-refractivity contribution is -0.110. The maximum Gasteiger partial charge on any atom is 0.128 e. The fraction of sp³-hybridized carbons (Fsp3) is 0.214. The number of hydrogen-bond donors (Lipinski definition) is 2. The average molecular weight is 528 g/mol. The van der Waals surface area contributed by atoms with E-state index in [4.69, 9.17) is 11.6 Å². The van der Waals surface area contributed by atoms with Crippen molar-refractivity contribution in [2.45, 2.75) is 24.4 Å². The van der Waals surface area contributed by atoms with E-state index < -0.39 is 21.4 Å². The monoisotopic (exact) mass is 527 g/mol. The molecule has 0 saturated heterocycles. The van der Waals surface area contributed by atoms with Gasteiger partial charge >= 0.3 is 0 Å². The Labute approximate surface area is 218 Å². The summed E-state index contributed by atoms with van der Waals surface area (Å²) < 4.78 is 29.6. The summed E-state index contributed by atoms with van der Waals surface area (Å²) in [7, 11) is -0.715. The van der Waals surface area contributed by atoms with Gasteiger partial charge in [0.15, 0.2) is 0 Å². The van der Waals surface area contributed by atoms with Crippen LogP contribution in [-0.2, 0) is 27.6 Å². The number of aldehydes is 1. The zero-order valence-corrected chi connectivity index (χ0v) is 21.8. The Morgan fingerprint density at radius 1 is 1.08 bits per heavy atom. The minimum atomic E-state index is -2.64. The minimum Gasteiger partial charge on any atom is -0.384 e. The maximum absolute atomic E-state index is 13.5. The predicted molar refractivity (Wildman–Crippen MR) is 148 cm³/mol. The van der Waals surface area contributed by atoms with Gasteiger partial charge < -0.3 is 15.0 Å². The van der Waals surface area contributed by atoms with Crippen molar-refractivity contribution in [1.29, 1.82) is 0 Å². The number of rotatable bonds is 13. The zero-order valence-electron chi connectivity index (χ0n) is 20.3. The van der Waals surface area contributed by atoms with Crippen LogP contribution in [0.15, 0.2) is 90.0 Å². The van der Waals surface area contributed by atoms with Gasteiger partial charge in [0.25, 0.3) is 0 Å². The summed E-state index contributed by atoms with van der Waals surface area (Å²) in [6, 6.07) is 21.4. The van der Waals surface area contributed by atoms with Crippen LogP contribution in [0.1, 0.15) is 17.5 Å². The Morgan fingerprint density at radius 2 is 1.78 bits per heavy atom. The lowest BCUT2D eigenvalue weighted by Gasteiger charge is -2.23. The van der Waals surface area contributed by atoms with Gasteiger partial charge in [0.05, 0.1) is 15.6 Å². The molecule has 3 aromatic carbocycles. The van der Waals surface area contributed by atoms with Crippen molar-refractivity contribution in [2.75, 3.05) is 18.5 Å². The number of halogens is 2. The van der Waals surface area contributed by atoms with Crippen LogP contribution in [0.2, 0.25) is 5.02 Å². The Balaban J connectivity index is 1.52. The first kappa shape index (κ1) is 27.5. The fourth-order valence-electron chi connectivity index (χ4n) is 3.65. The number of carbonyl (C=O) groups excluding carboxylic acids is 1. The lowest BCUT2D eigenvalue weighted by atomic mass is 10.0. The molecule has 190 valence electrons. The van der Waals surface area contributed by atoms with Crippen molar-refractivity contribution >= 4 is 39.2 Å². The second-order valence-corrected chi connectivity index (χ2v) is 11.1. The molecule has 0 spiro atoms. The summed E-state index contributed by atoms with van der Waals surface area (Å²) in [5, 5.41) is 3.42. The minimum absolute atomic E-state index is 0.318. The largest absolute Gasteiger partial charge is 0.384 e. The van der Waals surface area contributed by atoms with Crippen molar-refractivity contribution in [3.63, 3.8) is 0 Å². The molecule has 0 aliphatic carbocycles. The summed E-state index contributed by atoms with van der Waals surface area (Å²) in [5.41, 5.74) is 3.19. The van der Waals surface area contributed by atoms with Crippen molar-refractivity contribution in [3.05, 3.63) is 107 Å². The molecule has 2 unspecified atom stereocenters. The summed E-state index contributed by atoms with van der Waals surface area (Å²) >= 11 is 5.90. The first-order valence-corrected chi connectivity index (χ1v) is 13.6. The highest BCUT2D eigenvalue weighted by Gasteiger charge is 2.14. The van der Waals surface area contributed by atoms with E-state index in [2.05, 4.69) is 22.5 Å². The summed E-state index contributed by atoms with van der Waals surface area (Å²) in [6.07, 6.45) is 1.41. The van der Waals surface area contributed by atoms with Gasteiger partial charge in [0, 0.05) is 48.0 Å². The highest BCUT2D eigenvalue weighted by molar-refractivity contribution is 7.98. The van der Waals surface area contributed by atoms with Crippen molar-refractivity contribution in [3.8, 4) is 0 Å². The van der Waals surface area contributed by atoms with E-state index in [9.17, 15) is 13.4 Å². The van der Waals surface area contributed by atoms with E-state index >= 15 is 0 Å². The van der Waals surface area contributed by atoms with Crippen LogP contribution < -0.4 is 14.9 Å². The van der Waals surface area contributed by atoms with Gasteiger partial charge in [-0.1, -0.05) is 48.5 Å². The van der Waals surface area contributed by atoms with Crippen LogP contribution in [-0.4, -0.2) is 30.0 Å². The molecule has 3 rings (SSSR count). The number of nitrogens with one attached hydrogen (secondary N) is 2. The third-order valence-corrected chi connectivity index (χ3v) is 7.70. The topological polar surface area (TPSA) is 61.4 Å². The molecule has 0 amide bonds. The Morgan fingerprint density at radius 3 is 2.42 bits per heavy atom. The highest BCUT2D eigenvalue weighted by atomic mass is 35.5. The maximum atomic E-state index is 13.5. The third-order valence-electron chi connectivity index (χ3n) is 5.84. The molecule has 0 aliphatic rings. The highest BCUT2D eigenvalue weighted by Crippen LogP contribution is 2.20. The summed E-state index contributed by atoms with van der Waals surface area (Å²) in [5.74, 6) is 3.07. The quantitative estimate of drug-likeness (QED) is 0.237. The predicted octanol–water partition coefficient (Wildman–Crippen LogP) is 5.20. The van der Waals surface area contributed by atoms with E-state index in [1.807, 2.05) is 54.4 Å². The van der Waals surface area contributed by atoms with Gasteiger partial charge in [-0.2, -0.15) is 0 Å². The smallest absolute Gasteiger partial charge is 0.128 e. The van der Waals surface area contributed by atoms with Crippen molar-refractivity contribution in [2.24, 2.45) is 5.92 Å². The Hall–Kier alpha value is -3.13. The first-order valence-electron chi connectivity index (χ1n) is 11.5. The molecule has 2 atom stereocenters. The number of benzene rings is 3. The number of anilines is 1. The molecule has 0 fully saturated rings. The molecule has 8 heteroatoms. The van der Waals surface area contributed by atoms with Gasteiger partial charge in [0.2, 0.25) is 0 Å². The van der Waals surface area contributed by atoms with E-state index in [1.54, 1.807) is 18.2 Å². The van der Waals surface area contributed by atoms with Gasteiger partial charge in [-0.15, -0.1) is 0 Å². The molecule has 0 radical (unpaired) electrons. The molecule has 3 aromatic rings. The summed E-state index contributed by atoms with van der Waals surface area (Å²) in [4.78, 5) is 14.3. The molecule has 0 bridgehead atoms. The second kappa shape index (κ2) is 12.7. The van der Waals surface area contributed by atoms with E-state index in [0.29, 0.717) is 47.2 Å². The Bertz CT molecular complexity index is 1260. The number of carbonyl (C=O) groups is 1. The van der Waals surface area contributed by atoms with Crippen LogP contribution in [0.25, 0.3) is 0 Å². The Kier molecular flexibility index (Phi) is 9.70. The molecule has 5 nitrogen and oxygen atoms in total. The molecular weight excluding hydrogens is 497 g/mol. The molecule has 0 aliphatic heterocycles. The number of nitrogens with zero attached hydrogens (tertiary/aromatic N) is 1. The van der Waals surface area contributed by atoms with Gasteiger partial charge in [-0.3, -0.25) is 0 Å². The van der Waals surface area contributed by atoms with Crippen LogP contribution in [0.3, 0.4) is 0 Å². The van der Waals surface area contributed by atoms with Gasteiger partial charge in [0.1, 0.15) is 12.1 Å². The van der Waals surface area contributed by atoms with Crippen molar-refractivity contribution < 1.29 is 13.4 Å². The third kappa shape index (κ3) is 7.95. The molecule has 2 N–H and O–H groups in total. The lowest BCUT2D eigenvalue weighted by Crippen LogP contribution is -2.26. The molecule has 36 heavy (non-hydrogen) atoms. The second-order valence-electron chi connectivity index (χ2n) is 8.59. The number of hydrogen-bond acceptors (Lipinski definition) is 4. The molecule has 0 saturated carbocycles. The van der Waals surface area contributed by atoms with Gasteiger partial charge in [-0.25, -0.2) is 13.3 Å². The molecule has 0 heterocycles. The van der Waals surface area contributed by atoms with Gasteiger partial charge in [-0.05, 0) is 65.9 Å². The van der Waals surface area contributed by atoms with Crippen LogP contribution in [0, 0.1) is 11.7 Å². The van der Waals surface area contributed by atoms with E-state index in [1.165, 1.54) is 12.1 Å². The van der Waals surface area contributed by atoms with Crippen LogP contribution in [0.5, 0.6) is 0 Å². The van der Waals surface area contributed by atoms with E-state index in [0.717, 1.165) is 17.5 Å². The average Bonchev–Trinajstić information content (AvgIpc) is 2.86. The normalized spacial score (nSPS) is 13.4. The van der Waals surface area contributed by atoms with Crippen LogP contribution in [0.4, 0.5) is 10.1 Å². The summed E-state index contributed by atoms with van der Waals surface area (Å²) in [6.45, 7) is 5.36. The standard InChI is InChI=1S/C28H31ClFN3O2S/c1-21(31-18-23-15-25(29)17-26(30)16-23)24(20-34)13-14-33(2)27-9-11-28(12-10-27)36(3,35)32-19-22-7-5-4-6-8-22/h4-12,15-17,20,24,31H,1,3,13-14,18-19H2,2H3,(H,32,35). The molecule has 0 aromatic heterocycles. The first-order chi connectivity index (χ1) is 17.2. The zero-order chi connectivity index (χ0) is 26.1. The SMILES string of the molecule is C=C(NCc1cc(F)cc(Cl)c1)C(C=O)CCN(C)c1ccc(S(=C)(=O)NCc2ccccc2)cc1. The van der Waals surface area contributed by atoms with E-state index in [-0.39, 0.29) is 0 Å². The van der Waals surface area contributed by atoms with Crippen molar-refractivity contribution in [1.82, 2.24) is 10.0 Å².